The molecule has 0 radical (unpaired) electrons. The standard InChI is InChI=1S/C24H22N2O/c1-19(17-20-11-5-2-6-12-20)18-25-26-24(27)23(21-13-7-3-8-14-21)22-15-9-4-10-16-22/h2-18,23H,1H3,(H,26,27)/b19-17+,25-18-. The molecule has 0 aliphatic carbocycles. The van der Waals surface area contributed by atoms with Crippen molar-refractivity contribution in [2.75, 3.05) is 0 Å². The van der Waals surface area contributed by atoms with Crippen LogP contribution in [-0.2, 0) is 4.79 Å². The largest absolute Gasteiger partial charge is 0.272 e. The predicted molar refractivity (Wildman–Crippen MR) is 111 cm³/mol. The van der Waals surface area contributed by atoms with E-state index in [1.807, 2.05) is 104 Å². The Kier molecular flexibility index (Phi) is 6.31. The first-order valence-corrected chi connectivity index (χ1v) is 8.90. The van der Waals surface area contributed by atoms with Gasteiger partial charge in [-0.2, -0.15) is 5.10 Å². The van der Waals surface area contributed by atoms with Crippen LogP contribution in [0.15, 0.2) is 102 Å². The molecule has 0 aliphatic rings. The van der Waals surface area contributed by atoms with Gasteiger partial charge in [-0.15, -0.1) is 0 Å². The highest BCUT2D eigenvalue weighted by molar-refractivity contribution is 5.89. The summed E-state index contributed by atoms with van der Waals surface area (Å²) in [5.74, 6) is -0.556. The van der Waals surface area contributed by atoms with E-state index in [2.05, 4.69) is 10.5 Å². The maximum absolute atomic E-state index is 12.8. The van der Waals surface area contributed by atoms with E-state index in [0.29, 0.717) is 0 Å². The van der Waals surface area contributed by atoms with Crippen molar-refractivity contribution in [3.8, 4) is 0 Å². The zero-order chi connectivity index (χ0) is 18.9. The molecular weight excluding hydrogens is 332 g/mol. The number of hydrogen-bond donors (Lipinski definition) is 1. The summed E-state index contributed by atoms with van der Waals surface area (Å²) in [7, 11) is 0. The molecule has 0 spiro atoms. The molecule has 3 heteroatoms. The first-order valence-electron chi connectivity index (χ1n) is 8.90. The van der Waals surface area contributed by atoms with Crippen molar-refractivity contribution in [3.05, 3.63) is 113 Å². The Hall–Kier alpha value is -3.46. The van der Waals surface area contributed by atoms with Crippen LogP contribution in [-0.4, -0.2) is 12.1 Å². The zero-order valence-electron chi connectivity index (χ0n) is 15.2. The second-order valence-corrected chi connectivity index (χ2v) is 6.29. The molecule has 3 rings (SSSR count). The summed E-state index contributed by atoms with van der Waals surface area (Å²) in [6.45, 7) is 1.95. The van der Waals surface area contributed by atoms with Crippen LogP contribution in [0.1, 0.15) is 29.5 Å². The smallest absolute Gasteiger partial charge is 0.252 e. The Bertz CT molecular complexity index is 877. The number of hydrazone groups is 1. The van der Waals surface area contributed by atoms with Crippen LogP contribution in [0.2, 0.25) is 0 Å². The van der Waals surface area contributed by atoms with Gasteiger partial charge in [0.2, 0.25) is 0 Å². The van der Waals surface area contributed by atoms with E-state index in [4.69, 9.17) is 0 Å². The monoisotopic (exact) mass is 354 g/mol. The van der Waals surface area contributed by atoms with Crippen molar-refractivity contribution in [2.45, 2.75) is 12.8 Å². The molecule has 0 saturated carbocycles. The van der Waals surface area contributed by atoms with Crippen LogP contribution in [0.5, 0.6) is 0 Å². The lowest BCUT2D eigenvalue weighted by atomic mass is 9.91. The Morgan fingerprint density at radius 1 is 0.815 bits per heavy atom. The van der Waals surface area contributed by atoms with E-state index in [1.165, 1.54) is 0 Å². The highest BCUT2D eigenvalue weighted by Gasteiger charge is 2.22. The summed E-state index contributed by atoms with van der Waals surface area (Å²) in [5, 5.41) is 4.15. The van der Waals surface area contributed by atoms with Crippen molar-refractivity contribution in [1.82, 2.24) is 5.43 Å². The molecule has 0 aliphatic heterocycles. The zero-order valence-corrected chi connectivity index (χ0v) is 15.2. The number of carbonyl (C=O) groups excluding carboxylic acids is 1. The molecule has 0 atom stereocenters. The fourth-order valence-corrected chi connectivity index (χ4v) is 2.90. The molecule has 1 amide bonds. The van der Waals surface area contributed by atoms with Gasteiger partial charge in [0.25, 0.3) is 5.91 Å². The SMILES string of the molecule is CC(/C=N\NC(=O)C(c1ccccc1)c1ccccc1)=C\c1ccccc1. The van der Waals surface area contributed by atoms with Gasteiger partial charge in [-0.3, -0.25) is 4.79 Å². The van der Waals surface area contributed by atoms with Crippen LogP contribution in [0, 0.1) is 0 Å². The lowest BCUT2D eigenvalue weighted by molar-refractivity contribution is -0.121. The lowest BCUT2D eigenvalue weighted by Gasteiger charge is -2.16. The average Bonchev–Trinajstić information content (AvgIpc) is 2.70. The highest BCUT2D eigenvalue weighted by Crippen LogP contribution is 2.24. The lowest BCUT2D eigenvalue weighted by Crippen LogP contribution is -2.26. The van der Waals surface area contributed by atoms with Crippen LogP contribution in [0.25, 0.3) is 6.08 Å². The highest BCUT2D eigenvalue weighted by atomic mass is 16.2. The van der Waals surface area contributed by atoms with Crippen LogP contribution in [0.4, 0.5) is 0 Å². The Labute approximate surface area is 160 Å². The summed E-state index contributed by atoms with van der Waals surface area (Å²) in [6.07, 6.45) is 3.68. The summed E-state index contributed by atoms with van der Waals surface area (Å²) < 4.78 is 0. The minimum Gasteiger partial charge on any atom is -0.272 e. The number of benzene rings is 3. The van der Waals surface area contributed by atoms with Crippen LogP contribution in [0.3, 0.4) is 0 Å². The molecule has 134 valence electrons. The summed E-state index contributed by atoms with van der Waals surface area (Å²) in [6, 6.07) is 29.5. The molecule has 0 heterocycles. The molecule has 1 N–H and O–H groups in total. The maximum Gasteiger partial charge on any atom is 0.252 e. The molecule has 3 aromatic rings. The third-order valence-electron chi connectivity index (χ3n) is 4.16. The van der Waals surface area contributed by atoms with E-state index in [-0.39, 0.29) is 5.91 Å². The molecule has 3 aromatic carbocycles. The number of allylic oxidation sites excluding steroid dienone is 1. The summed E-state index contributed by atoms with van der Waals surface area (Å²) in [5.41, 5.74) is 6.61. The second kappa shape index (κ2) is 9.30. The molecular formula is C24H22N2O. The topological polar surface area (TPSA) is 41.5 Å². The van der Waals surface area contributed by atoms with Crippen LogP contribution >= 0.6 is 0 Å². The summed E-state index contributed by atoms with van der Waals surface area (Å²) in [4.78, 5) is 12.8. The number of nitrogens with one attached hydrogen (secondary N) is 1. The molecule has 0 aromatic heterocycles. The van der Waals surface area contributed by atoms with Gasteiger partial charge < -0.3 is 0 Å². The van der Waals surface area contributed by atoms with Crippen molar-refractivity contribution >= 4 is 18.2 Å². The predicted octanol–water partition coefficient (Wildman–Crippen LogP) is 5.02. The molecule has 3 nitrogen and oxygen atoms in total. The van der Waals surface area contributed by atoms with E-state index < -0.39 is 5.92 Å². The Balaban J connectivity index is 1.74. The van der Waals surface area contributed by atoms with Gasteiger partial charge in [0, 0.05) is 0 Å². The maximum atomic E-state index is 12.8. The van der Waals surface area contributed by atoms with Crippen molar-refractivity contribution in [3.63, 3.8) is 0 Å². The normalized spacial score (nSPS) is 11.7. The minimum absolute atomic E-state index is 0.156. The Morgan fingerprint density at radius 2 is 1.30 bits per heavy atom. The van der Waals surface area contributed by atoms with Gasteiger partial charge in [-0.05, 0) is 29.2 Å². The first kappa shape index (κ1) is 18.3. The van der Waals surface area contributed by atoms with Gasteiger partial charge in [0.1, 0.15) is 0 Å². The van der Waals surface area contributed by atoms with Crippen molar-refractivity contribution in [1.29, 1.82) is 0 Å². The van der Waals surface area contributed by atoms with Gasteiger partial charge >= 0.3 is 0 Å². The Morgan fingerprint density at radius 3 is 1.81 bits per heavy atom. The van der Waals surface area contributed by atoms with E-state index in [9.17, 15) is 4.79 Å². The van der Waals surface area contributed by atoms with Gasteiger partial charge in [-0.25, -0.2) is 5.43 Å². The fourth-order valence-electron chi connectivity index (χ4n) is 2.90. The average molecular weight is 354 g/mol. The van der Waals surface area contributed by atoms with E-state index in [1.54, 1.807) is 6.21 Å². The van der Waals surface area contributed by atoms with E-state index >= 15 is 0 Å². The van der Waals surface area contributed by atoms with Gasteiger partial charge in [-0.1, -0.05) is 97.1 Å². The number of amides is 1. The van der Waals surface area contributed by atoms with E-state index in [0.717, 1.165) is 22.3 Å². The number of carbonyl (C=O) groups is 1. The second-order valence-electron chi connectivity index (χ2n) is 6.29. The molecule has 0 bridgehead atoms. The van der Waals surface area contributed by atoms with Crippen molar-refractivity contribution in [2.24, 2.45) is 5.10 Å². The third-order valence-corrected chi connectivity index (χ3v) is 4.16. The van der Waals surface area contributed by atoms with Gasteiger partial charge in [0.15, 0.2) is 0 Å². The third kappa shape index (κ3) is 5.25. The minimum atomic E-state index is -0.400. The number of hydrogen-bond acceptors (Lipinski definition) is 2. The molecule has 0 fully saturated rings. The van der Waals surface area contributed by atoms with Crippen molar-refractivity contribution < 1.29 is 4.79 Å². The fraction of sp³-hybridized carbons (Fsp3) is 0.0833. The number of nitrogens with zero attached hydrogens (tertiary/aromatic N) is 1. The van der Waals surface area contributed by atoms with Gasteiger partial charge in [0.05, 0.1) is 12.1 Å². The number of rotatable bonds is 6. The summed E-state index contributed by atoms with van der Waals surface area (Å²) >= 11 is 0. The molecule has 0 unspecified atom stereocenters. The quantitative estimate of drug-likeness (QED) is 0.490. The molecule has 0 saturated heterocycles. The van der Waals surface area contributed by atoms with Crippen LogP contribution < -0.4 is 5.43 Å². The first-order chi connectivity index (χ1) is 13.2. The molecule has 27 heavy (non-hydrogen) atoms.